The van der Waals surface area contributed by atoms with E-state index in [4.69, 9.17) is 5.10 Å². The zero-order valence-corrected chi connectivity index (χ0v) is 20.1. The molecule has 2 aliphatic rings. The van der Waals surface area contributed by atoms with Gasteiger partial charge in [-0.2, -0.15) is 23.3 Å². The highest BCUT2D eigenvalue weighted by atomic mass is 19.4. The molecule has 3 heterocycles. The summed E-state index contributed by atoms with van der Waals surface area (Å²) in [6, 6.07) is 8.42. The first-order valence-electron chi connectivity index (χ1n) is 12.6. The highest BCUT2D eigenvalue weighted by molar-refractivity contribution is 5.91. The van der Waals surface area contributed by atoms with Gasteiger partial charge >= 0.3 is 6.18 Å². The molecule has 2 aromatic heterocycles. The molecule has 1 saturated carbocycles. The van der Waals surface area contributed by atoms with Crippen LogP contribution >= 0.6 is 0 Å². The molecular weight excluding hydrogens is 471 g/mol. The first kappa shape index (κ1) is 24.9. The van der Waals surface area contributed by atoms with Gasteiger partial charge in [-0.1, -0.05) is 24.3 Å². The monoisotopic (exact) mass is 503 g/mol. The van der Waals surface area contributed by atoms with Crippen LogP contribution in [-0.4, -0.2) is 74.8 Å². The molecule has 0 bridgehead atoms. The molecule has 3 N–H and O–H groups in total. The summed E-state index contributed by atoms with van der Waals surface area (Å²) in [7, 11) is 0. The lowest BCUT2D eigenvalue weighted by atomic mass is 9.93. The lowest BCUT2D eigenvalue weighted by Crippen LogP contribution is -2.42. The smallest absolute Gasteiger partial charge is 0.390 e. The Labute approximate surface area is 207 Å². The second-order valence-electron chi connectivity index (χ2n) is 9.70. The first-order chi connectivity index (χ1) is 17.4. The number of nitrogens with zero attached hydrogens (tertiary/aromatic N) is 5. The van der Waals surface area contributed by atoms with Gasteiger partial charge in [-0.15, -0.1) is 0 Å². The number of anilines is 1. The highest BCUT2D eigenvalue weighted by Crippen LogP contribution is 2.34. The Kier molecular flexibility index (Phi) is 7.40. The van der Waals surface area contributed by atoms with Crippen LogP contribution in [-0.2, 0) is 6.54 Å². The standard InChI is InChI=1S/C25H32F3N7O/c26-25(27,28)9-10-30-24-31-15-21-22(33-35(23(21)32-24)19-5-7-20(36)8-6-19)18-3-1-17(2-4-18)16-34-13-11-29-12-14-34/h1-4,15,19-20,29,36H,5-14,16H2,(H,30,31,32). The molecule has 3 aromatic rings. The summed E-state index contributed by atoms with van der Waals surface area (Å²) in [5, 5.41) is 21.7. The third-order valence-corrected chi connectivity index (χ3v) is 7.00. The van der Waals surface area contributed by atoms with E-state index in [1.807, 2.05) is 4.68 Å². The van der Waals surface area contributed by atoms with E-state index in [1.165, 1.54) is 5.56 Å². The molecule has 1 aliphatic carbocycles. The molecule has 0 unspecified atom stereocenters. The minimum Gasteiger partial charge on any atom is -0.393 e. The maximum absolute atomic E-state index is 12.6. The topological polar surface area (TPSA) is 91.1 Å². The predicted molar refractivity (Wildman–Crippen MR) is 132 cm³/mol. The number of halogens is 3. The number of hydrogen-bond acceptors (Lipinski definition) is 7. The van der Waals surface area contributed by atoms with Crippen molar-refractivity contribution in [3.63, 3.8) is 0 Å². The maximum atomic E-state index is 12.6. The van der Waals surface area contributed by atoms with Crippen molar-refractivity contribution >= 4 is 17.0 Å². The van der Waals surface area contributed by atoms with Crippen LogP contribution in [0.1, 0.15) is 43.7 Å². The van der Waals surface area contributed by atoms with E-state index in [0.717, 1.165) is 62.2 Å². The van der Waals surface area contributed by atoms with Crippen LogP contribution in [0.25, 0.3) is 22.3 Å². The van der Waals surface area contributed by atoms with Crippen molar-refractivity contribution in [2.24, 2.45) is 0 Å². The van der Waals surface area contributed by atoms with Gasteiger partial charge in [-0.25, -0.2) is 9.67 Å². The van der Waals surface area contributed by atoms with Crippen molar-refractivity contribution in [3.05, 3.63) is 36.0 Å². The van der Waals surface area contributed by atoms with Gasteiger partial charge in [0, 0.05) is 51.0 Å². The Balaban J connectivity index is 1.42. The zero-order chi connectivity index (χ0) is 25.1. The Morgan fingerprint density at radius 3 is 2.47 bits per heavy atom. The molecule has 1 saturated heterocycles. The fourth-order valence-corrected chi connectivity index (χ4v) is 4.99. The van der Waals surface area contributed by atoms with Gasteiger partial charge in [0.1, 0.15) is 5.69 Å². The number of nitrogens with one attached hydrogen (secondary N) is 2. The summed E-state index contributed by atoms with van der Waals surface area (Å²) in [5.41, 5.74) is 3.53. The summed E-state index contributed by atoms with van der Waals surface area (Å²) >= 11 is 0. The SMILES string of the molecule is OC1CCC(n2nc(-c3ccc(CN4CCNCC4)cc3)c3cnc(NCCC(F)(F)F)nc32)CC1. The highest BCUT2D eigenvalue weighted by Gasteiger charge is 2.27. The van der Waals surface area contributed by atoms with Crippen LogP contribution in [0.2, 0.25) is 0 Å². The van der Waals surface area contributed by atoms with Gasteiger partial charge in [-0.05, 0) is 31.2 Å². The van der Waals surface area contributed by atoms with Gasteiger partial charge in [0.25, 0.3) is 0 Å². The normalized spacial score (nSPS) is 21.7. The molecule has 0 amide bonds. The van der Waals surface area contributed by atoms with Crippen LogP contribution in [0.3, 0.4) is 0 Å². The molecule has 1 aromatic carbocycles. The molecule has 5 rings (SSSR count). The van der Waals surface area contributed by atoms with Crippen molar-refractivity contribution in [2.75, 3.05) is 38.0 Å². The molecule has 194 valence electrons. The van der Waals surface area contributed by atoms with Crippen molar-refractivity contribution in [1.82, 2.24) is 30.0 Å². The van der Waals surface area contributed by atoms with Gasteiger partial charge in [-0.3, -0.25) is 4.90 Å². The molecule has 0 atom stereocenters. The number of fused-ring (bicyclic) bond motifs is 1. The van der Waals surface area contributed by atoms with E-state index < -0.39 is 12.6 Å². The van der Waals surface area contributed by atoms with Crippen molar-refractivity contribution in [3.8, 4) is 11.3 Å². The van der Waals surface area contributed by atoms with E-state index in [0.29, 0.717) is 18.5 Å². The Morgan fingerprint density at radius 2 is 1.78 bits per heavy atom. The minimum atomic E-state index is -4.24. The van der Waals surface area contributed by atoms with Crippen LogP contribution in [0.4, 0.5) is 19.1 Å². The van der Waals surface area contributed by atoms with Crippen molar-refractivity contribution in [1.29, 1.82) is 0 Å². The van der Waals surface area contributed by atoms with Crippen LogP contribution in [0.5, 0.6) is 0 Å². The van der Waals surface area contributed by atoms with Crippen molar-refractivity contribution < 1.29 is 18.3 Å². The Hall–Kier alpha value is -2.76. The molecule has 36 heavy (non-hydrogen) atoms. The summed E-state index contributed by atoms with van der Waals surface area (Å²) in [6.07, 6.45) is -0.966. The molecular formula is C25H32F3N7O. The van der Waals surface area contributed by atoms with Gasteiger partial charge < -0.3 is 15.7 Å². The van der Waals surface area contributed by atoms with Crippen LogP contribution in [0, 0.1) is 0 Å². The molecule has 11 heteroatoms. The molecule has 1 aliphatic heterocycles. The zero-order valence-electron chi connectivity index (χ0n) is 20.1. The quantitative estimate of drug-likeness (QED) is 0.453. The maximum Gasteiger partial charge on any atom is 0.390 e. The number of piperazine rings is 1. The fourth-order valence-electron chi connectivity index (χ4n) is 4.99. The lowest BCUT2D eigenvalue weighted by molar-refractivity contribution is -0.131. The average Bonchev–Trinajstić information content (AvgIpc) is 3.24. The van der Waals surface area contributed by atoms with Crippen LogP contribution < -0.4 is 10.6 Å². The fraction of sp³-hybridized carbons (Fsp3) is 0.560. The number of aromatic nitrogens is 4. The number of hydrogen-bond donors (Lipinski definition) is 3. The first-order valence-corrected chi connectivity index (χ1v) is 12.6. The van der Waals surface area contributed by atoms with Crippen LogP contribution in [0.15, 0.2) is 30.5 Å². The van der Waals surface area contributed by atoms with E-state index in [-0.39, 0.29) is 24.6 Å². The van der Waals surface area contributed by atoms with E-state index in [1.54, 1.807) is 6.20 Å². The van der Waals surface area contributed by atoms with Crippen molar-refractivity contribution in [2.45, 2.75) is 57.0 Å². The second kappa shape index (κ2) is 10.7. The van der Waals surface area contributed by atoms with Gasteiger partial charge in [0.15, 0.2) is 5.65 Å². The minimum absolute atomic E-state index is 0.0644. The Morgan fingerprint density at radius 1 is 1.06 bits per heavy atom. The summed E-state index contributed by atoms with van der Waals surface area (Å²) in [6.45, 7) is 4.68. The third kappa shape index (κ3) is 5.96. The van der Waals surface area contributed by atoms with E-state index in [2.05, 4.69) is 49.8 Å². The number of alkyl halides is 3. The van der Waals surface area contributed by atoms with E-state index >= 15 is 0 Å². The van der Waals surface area contributed by atoms with Gasteiger partial charge in [0.05, 0.1) is 24.0 Å². The number of rotatable bonds is 7. The Bertz CT molecular complexity index is 1150. The van der Waals surface area contributed by atoms with Gasteiger partial charge in [0.2, 0.25) is 5.95 Å². The lowest BCUT2D eigenvalue weighted by Gasteiger charge is -2.27. The molecule has 0 radical (unpaired) electrons. The summed E-state index contributed by atoms with van der Waals surface area (Å²) in [4.78, 5) is 11.3. The molecule has 2 fully saturated rings. The second-order valence-corrected chi connectivity index (χ2v) is 9.70. The average molecular weight is 504 g/mol. The summed E-state index contributed by atoms with van der Waals surface area (Å²) < 4.78 is 39.6. The predicted octanol–water partition coefficient (Wildman–Crippen LogP) is 3.74. The van der Waals surface area contributed by atoms with E-state index in [9.17, 15) is 18.3 Å². The number of aliphatic hydroxyl groups excluding tert-OH is 1. The molecule has 8 nitrogen and oxygen atoms in total. The largest absolute Gasteiger partial charge is 0.393 e. The number of benzene rings is 1. The number of aliphatic hydroxyl groups is 1. The summed E-state index contributed by atoms with van der Waals surface area (Å²) in [5.74, 6) is 0.154. The molecule has 0 spiro atoms. The third-order valence-electron chi connectivity index (χ3n) is 7.00.